The third-order valence-corrected chi connectivity index (χ3v) is 5.44. The molecule has 0 bridgehead atoms. The fourth-order valence-electron chi connectivity index (χ4n) is 3.76. The van der Waals surface area contributed by atoms with Crippen LogP contribution in [0.1, 0.15) is 51.5 Å². The molecule has 0 N–H and O–H groups in total. The zero-order chi connectivity index (χ0) is 14.8. The molecule has 0 saturated carbocycles. The van der Waals surface area contributed by atoms with Gasteiger partial charge < -0.3 is 9.64 Å². The van der Waals surface area contributed by atoms with Gasteiger partial charge in [0.1, 0.15) is 0 Å². The topological polar surface area (TPSA) is 12.5 Å². The number of hydrogen-bond donors (Lipinski definition) is 0. The van der Waals surface area contributed by atoms with Crippen LogP contribution in [-0.2, 0) is 10.2 Å². The van der Waals surface area contributed by atoms with Crippen LogP contribution in [0.4, 0.5) is 0 Å². The Morgan fingerprint density at radius 1 is 1.05 bits per heavy atom. The van der Waals surface area contributed by atoms with Gasteiger partial charge in [-0.2, -0.15) is 0 Å². The van der Waals surface area contributed by atoms with Gasteiger partial charge in [-0.05, 0) is 71.1 Å². The molecule has 2 heterocycles. The summed E-state index contributed by atoms with van der Waals surface area (Å²) in [4.78, 5) is 2.63. The van der Waals surface area contributed by atoms with E-state index in [4.69, 9.17) is 4.74 Å². The van der Waals surface area contributed by atoms with Gasteiger partial charge in [0.15, 0.2) is 0 Å². The molecule has 1 aromatic rings. The lowest BCUT2D eigenvalue weighted by Crippen LogP contribution is -2.45. The Morgan fingerprint density at radius 3 is 2.38 bits per heavy atom. The second kappa shape index (κ2) is 6.10. The fraction of sp³-hybridized carbons (Fsp3) is 0.684. The first-order valence-electron chi connectivity index (χ1n) is 8.52. The lowest BCUT2D eigenvalue weighted by atomic mass is 9.71. The van der Waals surface area contributed by atoms with Crippen LogP contribution in [0.3, 0.4) is 0 Å². The predicted molar refractivity (Wildman–Crippen MR) is 87.7 cm³/mol. The van der Waals surface area contributed by atoms with E-state index in [1.165, 1.54) is 50.9 Å². The predicted octanol–water partition coefficient (Wildman–Crippen LogP) is 4.00. The van der Waals surface area contributed by atoms with Gasteiger partial charge in [0.05, 0.1) is 12.2 Å². The van der Waals surface area contributed by atoms with E-state index >= 15 is 0 Å². The Morgan fingerprint density at radius 2 is 1.76 bits per heavy atom. The molecule has 1 atom stereocenters. The standard InChI is InChI=1S/C19H29NO/c1-18(2)10-11-19(16-21-18,17-8-4-3-5-9-17)12-15-20-13-6-7-14-20/h3-5,8-9H,6-7,10-16H2,1-2H3. The van der Waals surface area contributed by atoms with E-state index in [1.807, 2.05) is 0 Å². The lowest BCUT2D eigenvalue weighted by Gasteiger charge is -2.44. The summed E-state index contributed by atoms with van der Waals surface area (Å²) in [5.74, 6) is 0. The summed E-state index contributed by atoms with van der Waals surface area (Å²) >= 11 is 0. The van der Waals surface area contributed by atoms with E-state index in [-0.39, 0.29) is 11.0 Å². The van der Waals surface area contributed by atoms with Crippen LogP contribution in [0.5, 0.6) is 0 Å². The van der Waals surface area contributed by atoms with Gasteiger partial charge in [0, 0.05) is 5.41 Å². The molecule has 2 heteroatoms. The Bertz CT molecular complexity index is 438. The average Bonchev–Trinajstić information content (AvgIpc) is 3.01. The van der Waals surface area contributed by atoms with Gasteiger partial charge in [-0.15, -0.1) is 0 Å². The molecule has 116 valence electrons. The summed E-state index contributed by atoms with van der Waals surface area (Å²) in [5.41, 5.74) is 1.74. The first kappa shape index (κ1) is 15.1. The van der Waals surface area contributed by atoms with Gasteiger partial charge >= 0.3 is 0 Å². The third-order valence-electron chi connectivity index (χ3n) is 5.44. The molecule has 0 radical (unpaired) electrons. The minimum absolute atomic E-state index is 0.0475. The molecule has 21 heavy (non-hydrogen) atoms. The minimum Gasteiger partial charge on any atom is -0.375 e. The second-order valence-electron chi connectivity index (χ2n) is 7.49. The fourth-order valence-corrected chi connectivity index (χ4v) is 3.76. The van der Waals surface area contributed by atoms with Crippen molar-refractivity contribution in [3.63, 3.8) is 0 Å². The highest BCUT2D eigenvalue weighted by atomic mass is 16.5. The van der Waals surface area contributed by atoms with Crippen molar-refractivity contribution in [3.05, 3.63) is 35.9 Å². The maximum Gasteiger partial charge on any atom is 0.0627 e. The number of benzene rings is 1. The van der Waals surface area contributed by atoms with Crippen LogP contribution in [0, 0.1) is 0 Å². The molecule has 2 saturated heterocycles. The molecule has 0 aromatic heterocycles. The summed E-state index contributed by atoms with van der Waals surface area (Å²) < 4.78 is 6.23. The highest BCUT2D eigenvalue weighted by Gasteiger charge is 2.40. The van der Waals surface area contributed by atoms with Crippen molar-refractivity contribution in [1.82, 2.24) is 4.90 Å². The number of nitrogens with zero attached hydrogens (tertiary/aromatic N) is 1. The van der Waals surface area contributed by atoms with Crippen LogP contribution < -0.4 is 0 Å². The molecule has 0 amide bonds. The molecular formula is C19H29NO. The lowest BCUT2D eigenvalue weighted by molar-refractivity contribution is -0.0912. The number of hydrogen-bond acceptors (Lipinski definition) is 2. The van der Waals surface area contributed by atoms with Crippen molar-refractivity contribution in [3.8, 4) is 0 Å². The molecule has 1 unspecified atom stereocenters. The number of likely N-dealkylation sites (tertiary alicyclic amines) is 1. The summed E-state index contributed by atoms with van der Waals surface area (Å²) in [6.45, 7) is 9.12. The second-order valence-corrected chi connectivity index (χ2v) is 7.49. The summed E-state index contributed by atoms with van der Waals surface area (Å²) in [5, 5.41) is 0. The van der Waals surface area contributed by atoms with Crippen LogP contribution >= 0.6 is 0 Å². The summed E-state index contributed by atoms with van der Waals surface area (Å²) in [6.07, 6.45) is 6.39. The van der Waals surface area contributed by atoms with Crippen molar-refractivity contribution < 1.29 is 4.74 Å². The van der Waals surface area contributed by atoms with Gasteiger partial charge in [-0.3, -0.25) is 0 Å². The molecule has 0 aliphatic carbocycles. The van der Waals surface area contributed by atoms with Crippen molar-refractivity contribution in [2.75, 3.05) is 26.2 Å². The van der Waals surface area contributed by atoms with Crippen LogP contribution in [0.25, 0.3) is 0 Å². The van der Waals surface area contributed by atoms with Crippen LogP contribution in [0.15, 0.2) is 30.3 Å². The van der Waals surface area contributed by atoms with E-state index in [9.17, 15) is 0 Å². The van der Waals surface area contributed by atoms with Crippen molar-refractivity contribution in [2.24, 2.45) is 0 Å². The van der Waals surface area contributed by atoms with E-state index in [0.29, 0.717) is 0 Å². The molecule has 2 aliphatic rings. The Kier molecular flexibility index (Phi) is 4.37. The average molecular weight is 287 g/mol. The summed E-state index contributed by atoms with van der Waals surface area (Å²) in [7, 11) is 0. The smallest absolute Gasteiger partial charge is 0.0627 e. The molecule has 1 aromatic carbocycles. The Hall–Kier alpha value is -0.860. The Balaban J connectivity index is 1.74. The van der Waals surface area contributed by atoms with E-state index < -0.39 is 0 Å². The summed E-state index contributed by atoms with van der Waals surface area (Å²) in [6, 6.07) is 11.1. The zero-order valence-electron chi connectivity index (χ0n) is 13.6. The molecule has 2 aliphatic heterocycles. The van der Waals surface area contributed by atoms with Gasteiger partial charge in [0.25, 0.3) is 0 Å². The van der Waals surface area contributed by atoms with Crippen molar-refractivity contribution in [2.45, 2.75) is 57.0 Å². The zero-order valence-corrected chi connectivity index (χ0v) is 13.6. The van der Waals surface area contributed by atoms with E-state index in [2.05, 4.69) is 49.1 Å². The highest BCUT2D eigenvalue weighted by molar-refractivity contribution is 5.26. The number of rotatable bonds is 4. The normalized spacial score (nSPS) is 29.6. The van der Waals surface area contributed by atoms with Gasteiger partial charge in [-0.25, -0.2) is 0 Å². The largest absolute Gasteiger partial charge is 0.375 e. The molecule has 2 fully saturated rings. The monoisotopic (exact) mass is 287 g/mol. The van der Waals surface area contributed by atoms with Gasteiger partial charge in [0.2, 0.25) is 0 Å². The molecule has 2 nitrogen and oxygen atoms in total. The Labute approximate surface area is 129 Å². The van der Waals surface area contributed by atoms with E-state index in [0.717, 1.165) is 13.0 Å². The number of ether oxygens (including phenoxy) is 1. The first-order valence-corrected chi connectivity index (χ1v) is 8.52. The first-order chi connectivity index (χ1) is 10.1. The molecule has 3 rings (SSSR count). The van der Waals surface area contributed by atoms with Crippen molar-refractivity contribution >= 4 is 0 Å². The van der Waals surface area contributed by atoms with E-state index in [1.54, 1.807) is 0 Å². The van der Waals surface area contributed by atoms with Crippen molar-refractivity contribution in [1.29, 1.82) is 0 Å². The minimum atomic E-state index is 0.0475. The SMILES string of the molecule is CC1(C)CCC(CCN2CCCC2)(c2ccccc2)CO1. The molecular weight excluding hydrogens is 258 g/mol. The molecule has 0 spiro atoms. The maximum atomic E-state index is 6.23. The maximum absolute atomic E-state index is 6.23. The quantitative estimate of drug-likeness (QED) is 0.830. The third kappa shape index (κ3) is 3.49. The van der Waals surface area contributed by atoms with Gasteiger partial charge in [-0.1, -0.05) is 30.3 Å². The highest BCUT2D eigenvalue weighted by Crippen LogP contribution is 2.41. The van der Waals surface area contributed by atoms with Crippen LogP contribution in [-0.4, -0.2) is 36.7 Å². The van der Waals surface area contributed by atoms with Crippen LogP contribution in [0.2, 0.25) is 0 Å².